The number of carbonyl (C=O) groups is 2. The van der Waals surface area contributed by atoms with Crippen molar-refractivity contribution in [3.63, 3.8) is 0 Å². The summed E-state index contributed by atoms with van der Waals surface area (Å²) in [5.74, 6) is 1.34. The lowest BCUT2D eigenvalue weighted by Crippen LogP contribution is -2.51. The van der Waals surface area contributed by atoms with E-state index in [4.69, 9.17) is 4.74 Å². The third-order valence-corrected chi connectivity index (χ3v) is 6.86. The number of esters is 1. The Bertz CT molecular complexity index is 802. The van der Waals surface area contributed by atoms with Gasteiger partial charge in [0.2, 0.25) is 0 Å². The molecule has 0 unspecified atom stereocenters. The predicted molar refractivity (Wildman–Crippen MR) is 107 cm³/mol. The van der Waals surface area contributed by atoms with Crippen LogP contribution >= 0.6 is 0 Å². The molecule has 156 valence electrons. The summed E-state index contributed by atoms with van der Waals surface area (Å²) in [5.41, 5.74) is 0.459. The van der Waals surface area contributed by atoms with Gasteiger partial charge in [-0.05, 0) is 67.8 Å². The molecule has 4 bridgehead atoms. The number of benzene rings is 1. The molecule has 29 heavy (non-hydrogen) atoms. The van der Waals surface area contributed by atoms with E-state index in [1.165, 1.54) is 50.7 Å². The van der Waals surface area contributed by atoms with E-state index in [0.29, 0.717) is 12.2 Å². The Morgan fingerprint density at radius 2 is 1.79 bits per heavy atom. The average Bonchev–Trinajstić information content (AvgIpc) is 2.69. The molecule has 8 heteroatoms. The third-order valence-electron chi connectivity index (χ3n) is 6.86. The van der Waals surface area contributed by atoms with Gasteiger partial charge in [0.15, 0.2) is 6.61 Å². The maximum absolute atomic E-state index is 12.4. The number of nitro benzene ring substituents is 1. The van der Waals surface area contributed by atoms with Crippen molar-refractivity contribution in [3.8, 4) is 0 Å². The zero-order chi connectivity index (χ0) is 20.6. The highest BCUT2D eigenvalue weighted by Crippen LogP contribution is 2.59. The highest BCUT2D eigenvalue weighted by atomic mass is 16.6. The van der Waals surface area contributed by atoms with E-state index in [1.807, 2.05) is 0 Å². The van der Waals surface area contributed by atoms with Crippen LogP contribution in [-0.4, -0.2) is 37.0 Å². The number of nitro groups is 1. The van der Waals surface area contributed by atoms with Crippen LogP contribution in [0.5, 0.6) is 0 Å². The lowest BCUT2D eigenvalue weighted by molar-refractivity contribution is -0.384. The number of ether oxygens (including phenoxy) is 1. The number of hydrogen-bond acceptors (Lipinski definition) is 6. The van der Waals surface area contributed by atoms with Crippen LogP contribution in [-0.2, 0) is 9.53 Å². The number of amides is 1. The first-order chi connectivity index (χ1) is 13.9. The van der Waals surface area contributed by atoms with Crippen molar-refractivity contribution < 1.29 is 19.2 Å². The van der Waals surface area contributed by atoms with E-state index in [2.05, 4.69) is 10.6 Å². The maximum atomic E-state index is 12.4. The van der Waals surface area contributed by atoms with Crippen LogP contribution in [0.15, 0.2) is 18.2 Å². The summed E-state index contributed by atoms with van der Waals surface area (Å²) in [6.45, 7) is 0.252. The van der Waals surface area contributed by atoms with Gasteiger partial charge >= 0.3 is 5.97 Å². The smallest absolute Gasteiger partial charge is 0.341 e. The summed E-state index contributed by atoms with van der Waals surface area (Å²) < 4.78 is 5.12. The summed E-state index contributed by atoms with van der Waals surface area (Å²) in [5, 5.41) is 16.7. The first kappa shape index (κ1) is 19.7. The second kappa shape index (κ2) is 7.65. The molecule has 4 fully saturated rings. The SMILES string of the molecule is CNc1ccc([N+](=O)[O-])cc1C(=O)OCC(=O)NCC12CC3CC(CC(C3)C1)C2. The molecule has 8 nitrogen and oxygen atoms in total. The second-order valence-electron chi connectivity index (χ2n) is 9.01. The van der Waals surface area contributed by atoms with Crippen molar-refractivity contribution in [2.75, 3.05) is 25.5 Å². The number of carbonyl (C=O) groups excluding carboxylic acids is 2. The van der Waals surface area contributed by atoms with Crippen LogP contribution in [0.25, 0.3) is 0 Å². The molecule has 4 aliphatic carbocycles. The van der Waals surface area contributed by atoms with E-state index < -0.39 is 17.5 Å². The summed E-state index contributed by atoms with van der Waals surface area (Å²) in [6.07, 6.45) is 7.63. The average molecular weight is 401 g/mol. The van der Waals surface area contributed by atoms with E-state index in [0.717, 1.165) is 23.8 Å². The Balaban J connectivity index is 1.31. The first-order valence-electron chi connectivity index (χ1n) is 10.3. The molecule has 4 aliphatic rings. The molecule has 5 rings (SSSR count). The van der Waals surface area contributed by atoms with Gasteiger partial charge in [0.05, 0.1) is 10.5 Å². The molecular weight excluding hydrogens is 374 g/mol. The van der Waals surface area contributed by atoms with Gasteiger partial charge in [-0.15, -0.1) is 0 Å². The Morgan fingerprint density at radius 3 is 2.34 bits per heavy atom. The van der Waals surface area contributed by atoms with E-state index in [1.54, 1.807) is 7.05 Å². The summed E-state index contributed by atoms with van der Waals surface area (Å²) in [7, 11) is 1.61. The van der Waals surface area contributed by atoms with Crippen LogP contribution in [0.4, 0.5) is 11.4 Å². The van der Waals surface area contributed by atoms with Gasteiger partial charge in [-0.25, -0.2) is 4.79 Å². The predicted octanol–water partition coefficient (Wildman–Crippen LogP) is 3.13. The topological polar surface area (TPSA) is 111 Å². The molecule has 0 heterocycles. The van der Waals surface area contributed by atoms with Crippen LogP contribution in [0.2, 0.25) is 0 Å². The lowest BCUT2D eigenvalue weighted by atomic mass is 9.49. The van der Waals surface area contributed by atoms with E-state index in [-0.39, 0.29) is 22.6 Å². The quantitative estimate of drug-likeness (QED) is 0.413. The number of non-ortho nitro benzene ring substituents is 1. The first-order valence-corrected chi connectivity index (χ1v) is 10.3. The lowest BCUT2D eigenvalue weighted by Gasteiger charge is -2.56. The summed E-state index contributed by atoms with van der Waals surface area (Å²) >= 11 is 0. The third kappa shape index (κ3) is 4.06. The molecule has 0 atom stereocenters. The fraction of sp³-hybridized carbons (Fsp3) is 0.619. The zero-order valence-corrected chi connectivity index (χ0v) is 16.6. The molecular formula is C21H27N3O5. The molecule has 4 saturated carbocycles. The maximum Gasteiger partial charge on any atom is 0.341 e. The minimum absolute atomic E-state index is 0.0376. The van der Waals surface area contributed by atoms with Crippen molar-refractivity contribution in [3.05, 3.63) is 33.9 Å². The summed E-state index contributed by atoms with van der Waals surface area (Å²) in [6, 6.07) is 3.91. The van der Waals surface area contributed by atoms with Gasteiger partial charge in [-0.2, -0.15) is 0 Å². The number of hydrogen-bond donors (Lipinski definition) is 2. The highest BCUT2D eigenvalue weighted by Gasteiger charge is 2.50. The molecule has 0 saturated heterocycles. The van der Waals surface area contributed by atoms with Crippen molar-refractivity contribution in [1.82, 2.24) is 5.32 Å². The van der Waals surface area contributed by atoms with Crippen LogP contribution < -0.4 is 10.6 Å². The minimum Gasteiger partial charge on any atom is -0.452 e. The molecule has 1 aromatic carbocycles. The van der Waals surface area contributed by atoms with Gasteiger partial charge < -0.3 is 15.4 Å². The molecule has 0 spiro atoms. The van der Waals surface area contributed by atoms with Gasteiger partial charge in [-0.3, -0.25) is 14.9 Å². The Kier molecular flexibility index (Phi) is 5.19. The fourth-order valence-electron chi connectivity index (χ4n) is 6.09. The molecule has 0 aromatic heterocycles. The second-order valence-corrected chi connectivity index (χ2v) is 9.01. The van der Waals surface area contributed by atoms with Crippen molar-refractivity contribution in [2.24, 2.45) is 23.2 Å². The van der Waals surface area contributed by atoms with Gasteiger partial charge in [0.25, 0.3) is 11.6 Å². The van der Waals surface area contributed by atoms with Crippen LogP contribution in [0.1, 0.15) is 48.9 Å². The van der Waals surface area contributed by atoms with Crippen LogP contribution in [0.3, 0.4) is 0 Å². The van der Waals surface area contributed by atoms with Crippen molar-refractivity contribution in [2.45, 2.75) is 38.5 Å². The largest absolute Gasteiger partial charge is 0.452 e. The normalized spacial score (nSPS) is 29.3. The van der Waals surface area contributed by atoms with Crippen molar-refractivity contribution >= 4 is 23.3 Å². The number of nitrogens with one attached hydrogen (secondary N) is 2. The molecule has 1 amide bonds. The number of anilines is 1. The molecule has 1 aromatic rings. The van der Waals surface area contributed by atoms with Gasteiger partial charge in [0.1, 0.15) is 0 Å². The molecule has 2 N–H and O–H groups in total. The highest BCUT2D eigenvalue weighted by molar-refractivity contribution is 5.97. The Labute approximate surface area is 169 Å². The number of nitrogens with zero attached hydrogens (tertiary/aromatic N) is 1. The van der Waals surface area contributed by atoms with E-state index in [9.17, 15) is 19.7 Å². The van der Waals surface area contributed by atoms with Gasteiger partial charge in [-0.1, -0.05) is 0 Å². The molecule has 0 radical (unpaired) electrons. The minimum atomic E-state index is -0.761. The fourth-order valence-corrected chi connectivity index (χ4v) is 6.09. The van der Waals surface area contributed by atoms with Gasteiger partial charge in [0, 0.05) is 31.4 Å². The Morgan fingerprint density at radius 1 is 1.17 bits per heavy atom. The zero-order valence-electron chi connectivity index (χ0n) is 16.6. The van der Waals surface area contributed by atoms with Crippen molar-refractivity contribution in [1.29, 1.82) is 0 Å². The monoisotopic (exact) mass is 401 g/mol. The van der Waals surface area contributed by atoms with Crippen LogP contribution in [0, 0.1) is 33.3 Å². The molecule has 0 aliphatic heterocycles. The number of rotatable bonds is 7. The Hall–Kier alpha value is -2.64. The van der Waals surface area contributed by atoms with E-state index >= 15 is 0 Å². The summed E-state index contributed by atoms with van der Waals surface area (Å²) in [4.78, 5) is 35.0. The standard InChI is InChI=1S/C21H27N3O5/c1-22-18-3-2-16(24(27)28)7-17(18)20(26)29-11-19(25)23-12-21-8-13-4-14(9-21)6-15(5-13)10-21/h2-3,7,13-15,22H,4-6,8-12H2,1H3,(H,23,25).